The zero-order valence-electron chi connectivity index (χ0n) is 18.1. The summed E-state index contributed by atoms with van der Waals surface area (Å²) >= 11 is 3.47. The number of nitrogens with one attached hydrogen (secondary N) is 1. The fourth-order valence-corrected chi connectivity index (χ4v) is 3.51. The van der Waals surface area contributed by atoms with E-state index in [4.69, 9.17) is 9.47 Å². The summed E-state index contributed by atoms with van der Waals surface area (Å²) in [4.78, 5) is 14.3. The molecule has 1 amide bonds. The number of amides is 1. The highest BCUT2D eigenvalue weighted by molar-refractivity contribution is 9.10. The Balaban J connectivity index is 1.68. The van der Waals surface area contributed by atoms with E-state index in [0.29, 0.717) is 27.2 Å². The molecular formula is C25H24BrFN2O3. The first kappa shape index (κ1) is 23.3. The van der Waals surface area contributed by atoms with Gasteiger partial charge >= 0.3 is 0 Å². The Kier molecular flexibility index (Phi) is 7.89. The molecule has 0 heterocycles. The van der Waals surface area contributed by atoms with Crippen molar-refractivity contribution in [2.24, 2.45) is 0 Å². The van der Waals surface area contributed by atoms with Gasteiger partial charge in [-0.2, -0.15) is 0 Å². The van der Waals surface area contributed by atoms with E-state index in [1.54, 1.807) is 36.4 Å². The Morgan fingerprint density at radius 1 is 1.12 bits per heavy atom. The molecule has 3 rings (SSSR count). The number of hydrogen-bond acceptors (Lipinski definition) is 4. The number of methoxy groups -OCH3 is 1. The van der Waals surface area contributed by atoms with Gasteiger partial charge < -0.3 is 19.7 Å². The maximum Gasteiger partial charge on any atom is 0.248 e. The van der Waals surface area contributed by atoms with Crippen LogP contribution in [0.2, 0.25) is 0 Å². The lowest BCUT2D eigenvalue weighted by Gasteiger charge is -2.14. The molecule has 0 radical (unpaired) electrons. The molecule has 0 spiro atoms. The third-order valence-electron chi connectivity index (χ3n) is 4.66. The van der Waals surface area contributed by atoms with Crippen LogP contribution in [0.4, 0.5) is 15.8 Å². The second kappa shape index (κ2) is 10.8. The van der Waals surface area contributed by atoms with Crippen molar-refractivity contribution in [1.29, 1.82) is 0 Å². The van der Waals surface area contributed by atoms with Gasteiger partial charge in [0.1, 0.15) is 12.4 Å². The van der Waals surface area contributed by atoms with E-state index in [2.05, 4.69) is 21.2 Å². The topological polar surface area (TPSA) is 50.8 Å². The van der Waals surface area contributed by atoms with Gasteiger partial charge in [-0.25, -0.2) is 4.39 Å². The van der Waals surface area contributed by atoms with Gasteiger partial charge in [0.2, 0.25) is 5.91 Å². The van der Waals surface area contributed by atoms with Crippen LogP contribution in [0, 0.1) is 5.82 Å². The number of halogens is 2. The number of ether oxygens (including phenoxy) is 2. The summed E-state index contributed by atoms with van der Waals surface area (Å²) in [6.07, 6.45) is 3.12. The second-order valence-electron chi connectivity index (χ2n) is 7.18. The van der Waals surface area contributed by atoms with Gasteiger partial charge in [0.15, 0.2) is 11.5 Å². The minimum atomic E-state index is -0.329. The molecule has 0 aliphatic heterocycles. The zero-order valence-corrected chi connectivity index (χ0v) is 19.6. The molecule has 0 bridgehead atoms. The Labute approximate surface area is 195 Å². The lowest BCUT2D eigenvalue weighted by atomic mass is 10.1. The van der Waals surface area contributed by atoms with Gasteiger partial charge in [-0.3, -0.25) is 4.79 Å². The molecule has 0 unspecified atom stereocenters. The van der Waals surface area contributed by atoms with Crippen molar-refractivity contribution in [2.75, 3.05) is 31.4 Å². The van der Waals surface area contributed by atoms with Crippen molar-refractivity contribution in [2.45, 2.75) is 6.61 Å². The smallest absolute Gasteiger partial charge is 0.248 e. The minimum Gasteiger partial charge on any atom is -0.493 e. The quantitative estimate of drug-likeness (QED) is 0.393. The van der Waals surface area contributed by atoms with Gasteiger partial charge in [-0.1, -0.05) is 18.2 Å². The summed E-state index contributed by atoms with van der Waals surface area (Å²) in [6.45, 7) is 0.0613. The summed E-state index contributed by atoms with van der Waals surface area (Å²) in [5.74, 6) is 0.343. The van der Waals surface area contributed by atoms with Crippen LogP contribution in [0.1, 0.15) is 11.1 Å². The Morgan fingerprint density at radius 2 is 1.84 bits per heavy atom. The fourth-order valence-electron chi connectivity index (χ4n) is 2.94. The number of benzene rings is 3. The predicted octanol–water partition coefficient (Wildman–Crippen LogP) is 5.89. The monoisotopic (exact) mass is 498 g/mol. The molecule has 0 atom stereocenters. The summed E-state index contributed by atoms with van der Waals surface area (Å²) in [6, 6.07) is 17.6. The standard InChI is InChI=1S/C25H24BrFN2O3/c1-29(2)20-11-9-19(10-12-20)28-24(30)13-8-17-14-21(26)25(23(15-17)31-3)32-16-18-6-4-5-7-22(18)27/h4-15H,16H2,1-3H3,(H,28,30)/b13-8+. The van der Waals surface area contributed by atoms with Gasteiger partial charge in [0, 0.05) is 37.1 Å². The Hall–Kier alpha value is -3.32. The highest BCUT2D eigenvalue weighted by Gasteiger charge is 2.12. The average Bonchev–Trinajstić information content (AvgIpc) is 2.78. The van der Waals surface area contributed by atoms with E-state index >= 15 is 0 Å². The van der Waals surface area contributed by atoms with Gasteiger partial charge in [0.25, 0.3) is 0 Å². The molecule has 7 heteroatoms. The predicted molar refractivity (Wildman–Crippen MR) is 130 cm³/mol. The van der Waals surface area contributed by atoms with Crippen LogP contribution in [0.15, 0.2) is 71.2 Å². The van der Waals surface area contributed by atoms with E-state index in [1.807, 2.05) is 43.3 Å². The van der Waals surface area contributed by atoms with Crippen LogP contribution in [0.25, 0.3) is 6.08 Å². The largest absolute Gasteiger partial charge is 0.493 e. The van der Waals surface area contributed by atoms with Crippen molar-refractivity contribution < 1.29 is 18.7 Å². The Morgan fingerprint density at radius 3 is 2.50 bits per heavy atom. The molecule has 0 aromatic heterocycles. The van der Waals surface area contributed by atoms with Crippen LogP contribution >= 0.6 is 15.9 Å². The van der Waals surface area contributed by atoms with Crippen molar-refractivity contribution in [1.82, 2.24) is 0 Å². The second-order valence-corrected chi connectivity index (χ2v) is 8.03. The number of anilines is 2. The first-order valence-electron chi connectivity index (χ1n) is 9.87. The van der Waals surface area contributed by atoms with Crippen molar-refractivity contribution in [3.63, 3.8) is 0 Å². The number of carbonyl (C=O) groups excluding carboxylic acids is 1. The van der Waals surface area contributed by atoms with Crippen LogP contribution in [0.3, 0.4) is 0 Å². The summed E-state index contributed by atoms with van der Waals surface area (Å²) < 4.78 is 25.7. The van der Waals surface area contributed by atoms with Crippen LogP contribution in [0.5, 0.6) is 11.5 Å². The van der Waals surface area contributed by atoms with Crippen LogP contribution in [-0.4, -0.2) is 27.1 Å². The van der Waals surface area contributed by atoms with E-state index in [0.717, 1.165) is 11.3 Å². The third kappa shape index (κ3) is 6.11. The molecular weight excluding hydrogens is 475 g/mol. The van der Waals surface area contributed by atoms with Crippen LogP contribution < -0.4 is 19.7 Å². The third-order valence-corrected chi connectivity index (χ3v) is 5.25. The molecule has 1 N–H and O–H groups in total. The lowest BCUT2D eigenvalue weighted by Crippen LogP contribution is -2.10. The van der Waals surface area contributed by atoms with E-state index < -0.39 is 0 Å². The number of hydrogen-bond donors (Lipinski definition) is 1. The van der Waals surface area contributed by atoms with Crippen molar-refractivity contribution >= 4 is 39.3 Å². The average molecular weight is 499 g/mol. The molecule has 0 aliphatic carbocycles. The van der Waals surface area contributed by atoms with E-state index in [-0.39, 0.29) is 18.3 Å². The first-order valence-corrected chi connectivity index (χ1v) is 10.7. The highest BCUT2D eigenvalue weighted by atomic mass is 79.9. The normalized spacial score (nSPS) is 10.8. The minimum absolute atomic E-state index is 0.0613. The van der Waals surface area contributed by atoms with Crippen molar-refractivity contribution in [3.8, 4) is 11.5 Å². The Bertz CT molecular complexity index is 1110. The van der Waals surface area contributed by atoms with Gasteiger partial charge in [0.05, 0.1) is 11.6 Å². The number of carbonyl (C=O) groups is 1. The van der Waals surface area contributed by atoms with Crippen molar-refractivity contribution in [3.05, 3.63) is 88.2 Å². The first-order chi connectivity index (χ1) is 15.4. The van der Waals surface area contributed by atoms with Gasteiger partial charge in [-0.15, -0.1) is 0 Å². The molecule has 5 nitrogen and oxygen atoms in total. The maximum atomic E-state index is 13.9. The lowest BCUT2D eigenvalue weighted by molar-refractivity contribution is -0.111. The number of nitrogens with zero attached hydrogens (tertiary/aromatic N) is 1. The molecule has 3 aromatic carbocycles. The van der Waals surface area contributed by atoms with Crippen LogP contribution in [-0.2, 0) is 11.4 Å². The summed E-state index contributed by atoms with van der Waals surface area (Å²) in [7, 11) is 5.44. The molecule has 166 valence electrons. The summed E-state index contributed by atoms with van der Waals surface area (Å²) in [5, 5.41) is 2.83. The molecule has 0 aliphatic rings. The molecule has 0 saturated heterocycles. The highest BCUT2D eigenvalue weighted by Crippen LogP contribution is 2.37. The molecule has 0 fully saturated rings. The zero-order chi connectivity index (χ0) is 23.1. The van der Waals surface area contributed by atoms with E-state index in [1.165, 1.54) is 19.3 Å². The van der Waals surface area contributed by atoms with E-state index in [9.17, 15) is 9.18 Å². The maximum absolute atomic E-state index is 13.9. The SMILES string of the molecule is COc1cc(/C=C/C(=O)Nc2ccc(N(C)C)cc2)cc(Br)c1OCc1ccccc1F. The fraction of sp³-hybridized carbons (Fsp3) is 0.160. The molecule has 0 saturated carbocycles. The molecule has 32 heavy (non-hydrogen) atoms. The van der Waals surface area contributed by atoms with Gasteiger partial charge in [-0.05, 0) is 70.0 Å². The summed E-state index contributed by atoms with van der Waals surface area (Å²) in [5.41, 5.74) is 2.94. The number of rotatable bonds is 8. The molecule has 3 aromatic rings.